The van der Waals surface area contributed by atoms with E-state index in [1.165, 1.54) is 0 Å². The van der Waals surface area contributed by atoms with Gasteiger partial charge in [0.2, 0.25) is 5.91 Å². The average molecular weight is 179 g/mol. The molecule has 0 heterocycles. The van der Waals surface area contributed by atoms with Crippen molar-refractivity contribution in [3.05, 3.63) is 0 Å². The molecule has 1 fully saturated rings. The largest absolute Gasteiger partial charge is 0.382 e. The highest BCUT2D eigenvalue weighted by Gasteiger charge is 2.26. The maximum absolute atomic E-state index is 10.8. The van der Waals surface area contributed by atoms with Crippen molar-refractivity contribution in [2.24, 2.45) is 17.4 Å². The van der Waals surface area contributed by atoms with Crippen molar-refractivity contribution in [3.8, 4) is 0 Å². The Morgan fingerprint density at radius 3 is 2.92 bits per heavy atom. The van der Waals surface area contributed by atoms with Crippen molar-refractivity contribution in [2.45, 2.75) is 37.7 Å². The van der Waals surface area contributed by atoms with E-state index in [0.717, 1.165) is 0 Å². The van der Waals surface area contributed by atoms with Gasteiger partial charge in [-0.05, 0) is 12.3 Å². The lowest BCUT2D eigenvalue weighted by molar-refractivity contribution is -0.127. The highest BCUT2D eigenvalue weighted by molar-refractivity contribution is 5.79. The topological polar surface area (TPSA) is 89.3 Å². The third-order valence-electron chi connectivity index (χ3n) is 1.56. The van der Waals surface area contributed by atoms with Crippen molar-refractivity contribution >= 4 is 5.91 Å². The lowest BCUT2D eigenvalue weighted by atomic mass is 9.80. The number of nitrogens with two attached hydrogens (primary N) is 2. The van der Waals surface area contributed by atoms with Crippen LogP contribution in [0.15, 0.2) is 0 Å². The lowest BCUT2D eigenvalue weighted by Crippen LogP contribution is -2.45. The van der Waals surface area contributed by atoms with Crippen LogP contribution in [0.25, 0.3) is 0 Å². The molecule has 2 atom stereocenters. The van der Waals surface area contributed by atoms with Gasteiger partial charge < -0.3 is 16.6 Å². The molecule has 2 unspecified atom stereocenters. The molecule has 0 aliphatic heterocycles. The standard InChI is InChI=1S/C8H16N2O2/c9-6(7(11)8(10)12)4-5-2-1-3-5/h5-7,11H,1-4,9H2,(H2,10,12)/i1D2,2D2,3D2,5D. The summed E-state index contributed by atoms with van der Waals surface area (Å²) in [6.07, 6.45) is -11.1. The zero-order valence-electron chi connectivity index (χ0n) is 13.4. The Morgan fingerprint density at radius 2 is 2.42 bits per heavy atom. The Labute approximate surface area is 81.8 Å². The summed E-state index contributed by atoms with van der Waals surface area (Å²) >= 11 is 0. The van der Waals surface area contributed by atoms with Crippen molar-refractivity contribution < 1.29 is 19.5 Å². The number of hydrogen-bond donors (Lipinski definition) is 3. The van der Waals surface area contributed by atoms with E-state index in [0.29, 0.717) is 0 Å². The zero-order chi connectivity index (χ0) is 15.4. The van der Waals surface area contributed by atoms with Crippen LogP contribution in [0.4, 0.5) is 0 Å². The summed E-state index contributed by atoms with van der Waals surface area (Å²) in [5.41, 5.74) is 10.2. The lowest BCUT2D eigenvalue weighted by Gasteiger charge is -2.29. The van der Waals surface area contributed by atoms with E-state index in [9.17, 15) is 9.90 Å². The molecule has 1 rings (SSSR count). The summed E-state index contributed by atoms with van der Waals surface area (Å²) in [7, 11) is 0. The maximum Gasteiger partial charge on any atom is 0.247 e. The Kier molecular flexibility index (Phi) is 1.17. The third-order valence-corrected chi connectivity index (χ3v) is 1.56. The van der Waals surface area contributed by atoms with Crippen LogP contribution in [0.5, 0.6) is 0 Å². The number of aliphatic hydroxyl groups excluding tert-OH is 1. The number of rotatable bonds is 4. The fraction of sp³-hybridized carbons (Fsp3) is 0.875. The Morgan fingerprint density at radius 1 is 1.83 bits per heavy atom. The fourth-order valence-corrected chi connectivity index (χ4v) is 0.811. The van der Waals surface area contributed by atoms with Crippen molar-refractivity contribution in [1.82, 2.24) is 0 Å². The minimum atomic E-state index is -2.86. The van der Waals surface area contributed by atoms with Gasteiger partial charge in [0.15, 0.2) is 0 Å². The predicted octanol–water partition coefficient (Wildman–Crippen LogP) is -0.650. The maximum atomic E-state index is 10.8. The van der Waals surface area contributed by atoms with Crippen molar-refractivity contribution in [1.29, 1.82) is 0 Å². The van der Waals surface area contributed by atoms with Gasteiger partial charge in [-0.2, -0.15) is 0 Å². The summed E-state index contributed by atoms with van der Waals surface area (Å²) in [6, 6.07) is -1.45. The summed E-state index contributed by atoms with van der Waals surface area (Å²) in [5, 5.41) is 9.33. The summed E-state index contributed by atoms with van der Waals surface area (Å²) in [4.78, 5) is 10.8. The van der Waals surface area contributed by atoms with Gasteiger partial charge in [0, 0.05) is 15.6 Å². The molecule has 0 radical (unpaired) electrons. The highest BCUT2D eigenvalue weighted by Crippen LogP contribution is 2.30. The van der Waals surface area contributed by atoms with Gasteiger partial charge in [-0.15, -0.1) is 0 Å². The van der Waals surface area contributed by atoms with Crippen LogP contribution >= 0.6 is 0 Å². The van der Waals surface area contributed by atoms with Crippen LogP contribution in [0, 0.1) is 5.89 Å². The quantitative estimate of drug-likeness (QED) is 0.535. The number of amides is 1. The summed E-state index contributed by atoms with van der Waals surface area (Å²) < 4.78 is 52.7. The first-order valence-corrected chi connectivity index (χ1v) is 3.47. The second kappa shape index (κ2) is 3.87. The molecule has 0 aromatic carbocycles. The molecule has 1 aliphatic rings. The first kappa shape index (κ1) is 3.64. The fourth-order valence-electron chi connectivity index (χ4n) is 0.811. The Balaban J connectivity index is 3.03. The molecule has 5 N–H and O–H groups in total. The van der Waals surface area contributed by atoms with Crippen LogP contribution in [0.3, 0.4) is 0 Å². The molecule has 4 nitrogen and oxygen atoms in total. The third kappa shape index (κ3) is 2.19. The van der Waals surface area contributed by atoms with Crippen LogP contribution < -0.4 is 11.5 Å². The molecule has 0 saturated heterocycles. The minimum Gasteiger partial charge on any atom is -0.382 e. The molecule has 70 valence electrons. The van der Waals surface area contributed by atoms with Gasteiger partial charge in [-0.25, -0.2) is 0 Å². The van der Waals surface area contributed by atoms with Crippen molar-refractivity contribution in [2.75, 3.05) is 0 Å². The minimum absolute atomic E-state index is 0.739. The van der Waals surface area contributed by atoms with E-state index >= 15 is 0 Å². The molecular formula is C8H16N2O2. The monoisotopic (exact) mass is 179 g/mol. The zero-order valence-corrected chi connectivity index (χ0v) is 6.37. The number of hydrogen-bond acceptors (Lipinski definition) is 3. The summed E-state index contributed by atoms with van der Waals surface area (Å²) in [5.74, 6) is -3.68. The van der Waals surface area contributed by atoms with E-state index < -0.39 is 49.5 Å². The molecule has 1 aliphatic carbocycles. The van der Waals surface area contributed by atoms with E-state index in [1.807, 2.05) is 0 Å². The van der Waals surface area contributed by atoms with Gasteiger partial charge in [0.25, 0.3) is 0 Å². The number of carbonyl (C=O) groups is 1. The molecule has 0 aromatic heterocycles. The second-order valence-electron chi connectivity index (χ2n) is 2.57. The van der Waals surface area contributed by atoms with Gasteiger partial charge >= 0.3 is 0 Å². The van der Waals surface area contributed by atoms with Crippen molar-refractivity contribution in [3.63, 3.8) is 0 Å². The normalized spacial score (nSPS) is 46.7. The van der Waals surface area contributed by atoms with Gasteiger partial charge in [0.1, 0.15) is 6.10 Å². The molecule has 4 heteroatoms. The summed E-state index contributed by atoms with van der Waals surface area (Å²) in [6.45, 7) is 0. The van der Waals surface area contributed by atoms with E-state index in [2.05, 4.69) is 0 Å². The van der Waals surface area contributed by atoms with Crippen LogP contribution in [-0.4, -0.2) is 23.2 Å². The SMILES string of the molecule is [2H]C1([2H])C([2H])([2H])C([2H])(CC(N)C(O)C(N)=O)C1([2H])[2H]. The van der Waals surface area contributed by atoms with Gasteiger partial charge in [-0.3, -0.25) is 4.79 Å². The molecule has 0 aromatic rings. The van der Waals surface area contributed by atoms with Crippen LogP contribution in [0.1, 0.15) is 35.1 Å². The van der Waals surface area contributed by atoms with Gasteiger partial charge in [0.05, 0.1) is 0 Å². The molecule has 12 heavy (non-hydrogen) atoms. The number of primary amides is 1. The average Bonchev–Trinajstić information content (AvgIpc) is 2.25. The molecule has 0 bridgehead atoms. The molecule has 1 amide bonds. The van der Waals surface area contributed by atoms with Crippen LogP contribution in [0.2, 0.25) is 0 Å². The number of carbonyl (C=O) groups excluding carboxylic acids is 1. The highest BCUT2D eigenvalue weighted by atomic mass is 16.3. The first-order chi connectivity index (χ1) is 8.24. The first-order valence-electron chi connectivity index (χ1n) is 6.97. The van der Waals surface area contributed by atoms with E-state index in [-0.39, 0.29) is 0 Å². The van der Waals surface area contributed by atoms with Gasteiger partial charge in [-0.1, -0.05) is 19.1 Å². The molecular weight excluding hydrogens is 156 g/mol. The smallest absolute Gasteiger partial charge is 0.247 e. The molecule has 0 spiro atoms. The Bertz CT molecular complexity index is 383. The van der Waals surface area contributed by atoms with E-state index in [4.69, 9.17) is 21.1 Å². The number of aliphatic hydroxyl groups is 1. The predicted molar refractivity (Wildman–Crippen MR) is 45.1 cm³/mol. The van der Waals surface area contributed by atoms with Crippen LogP contribution in [-0.2, 0) is 4.79 Å². The van der Waals surface area contributed by atoms with E-state index in [1.54, 1.807) is 0 Å². The molecule has 1 saturated carbocycles. The second-order valence-corrected chi connectivity index (χ2v) is 2.57. The Hall–Kier alpha value is -0.610.